The summed E-state index contributed by atoms with van der Waals surface area (Å²) in [5.74, 6) is 6.32. The number of urea groups is 1. The molecule has 0 spiro atoms. The SMILES string of the molecule is CN1C(=O)N(Cc2ccccc2)S(=O)c2cc(C#CCc3ccccc3)ccc21. The summed E-state index contributed by atoms with van der Waals surface area (Å²) in [7, 11) is 0.123. The maximum Gasteiger partial charge on any atom is 0.336 e. The lowest BCUT2D eigenvalue weighted by Crippen LogP contribution is -2.46. The van der Waals surface area contributed by atoms with E-state index in [0.29, 0.717) is 23.5 Å². The zero-order valence-electron chi connectivity index (χ0n) is 16.0. The van der Waals surface area contributed by atoms with Crippen LogP contribution in [0.4, 0.5) is 10.5 Å². The highest BCUT2D eigenvalue weighted by molar-refractivity contribution is 7.83. The average Bonchev–Trinajstić information content (AvgIpc) is 2.76. The highest BCUT2D eigenvalue weighted by Crippen LogP contribution is 2.32. The molecule has 4 rings (SSSR count). The van der Waals surface area contributed by atoms with Crippen molar-refractivity contribution in [1.82, 2.24) is 4.31 Å². The Hall–Kier alpha value is -3.36. The molecule has 0 fully saturated rings. The lowest BCUT2D eigenvalue weighted by atomic mass is 10.1. The van der Waals surface area contributed by atoms with Crippen molar-refractivity contribution in [2.45, 2.75) is 17.9 Å². The van der Waals surface area contributed by atoms with Gasteiger partial charge in [-0.25, -0.2) is 13.3 Å². The van der Waals surface area contributed by atoms with Crippen LogP contribution in [0.2, 0.25) is 0 Å². The molecule has 2 amide bonds. The summed E-state index contributed by atoms with van der Waals surface area (Å²) in [4.78, 5) is 14.9. The molecule has 1 atom stereocenters. The molecule has 1 heterocycles. The highest BCUT2D eigenvalue weighted by atomic mass is 32.2. The largest absolute Gasteiger partial charge is 0.336 e. The summed E-state index contributed by atoms with van der Waals surface area (Å²) in [6.07, 6.45) is 0.652. The normalized spacial score (nSPS) is 15.5. The summed E-state index contributed by atoms with van der Waals surface area (Å²) in [5, 5.41) is 0. The predicted molar refractivity (Wildman–Crippen MR) is 116 cm³/mol. The van der Waals surface area contributed by atoms with E-state index in [-0.39, 0.29) is 6.03 Å². The monoisotopic (exact) mass is 400 g/mol. The minimum atomic E-state index is -1.58. The summed E-state index contributed by atoms with van der Waals surface area (Å²) >= 11 is 0. The molecule has 0 aromatic heterocycles. The first-order chi connectivity index (χ1) is 14.1. The molecule has 0 saturated heterocycles. The van der Waals surface area contributed by atoms with Crippen LogP contribution >= 0.6 is 0 Å². The van der Waals surface area contributed by atoms with Crippen LogP contribution in [0.15, 0.2) is 83.8 Å². The van der Waals surface area contributed by atoms with Gasteiger partial charge in [0.2, 0.25) is 0 Å². The van der Waals surface area contributed by atoms with Crippen molar-refractivity contribution < 1.29 is 9.00 Å². The number of carbonyl (C=O) groups excluding carboxylic acids is 1. The number of fused-ring (bicyclic) bond motifs is 1. The lowest BCUT2D eigenvalue weighted by Gasteiger charge is -2.33. The number of rotatable bonds is 3. The van der Waals surface area contributed by atoms with Gasteiger partial charge in [0.25, 0.3) is 0 Å². The van der Waals surface area contributed by atoms with Crippen LogP contribution in [0.1, 0.15) is 16.7 Å². The van der Waals surface area contributed by atoms with Crippen LogP contribution in [0.3, 0.4) is 0 Å². The molecule has 0 saturated carbocycles. The number of anilines is 1. The quantitative estimate of drug-likeness (QED) is 0.613. The number of benzene rings is 3. The predicted octanol–water partition coefficient (Wildman–Crippen LogP) is 4.38. The third kappa shape index (κ3) is 4.08. The number of nitrogens with zero attached hydrogens (tertiary/aromatic N) is 2. The molecular weight excluding hydrogens is 380 g/mol. The molecule has 0 bridgehead atoms. The maximum absolute atomic E-state index is 13.2. The van der Waals surface area contributed by atoms with Gasteiger partial charge in [-0.3, -0.25) is 4.90 Å². The third-order valence-electron chi connectivity index (χ3n) is 4.75. The van der Waals surface area contributed by atoms with Crippen molar-refractivity contribution in [3.8, 4) is 11.8 Å². The molecular formula is C24H20N2O2S. The molecule has 5 heteroatoms. The van der Waals surface area contributed by atoms with Gasteiger partial charge >= 0.3 is 6.03 Å². The van der Waals surface area contributed by atoms with Gasteiger partial charge in [0.15, 0.2) is 11.0 Å². The molecule has 3 aromatic carbocycles. The number of hydrogen-bond acceptors (Lipinski definition) is 2. The highest BCUT2D eigenvalue weighted by Gasteiger charge is 2.34. The van der Waals surface area contributed by atoms with Crippen LogP contribution in [-0.4, -0.2) is 21.6 Å². The van der Waals surface area contributed by atoms with Crippen LogP contribution in [0.5, 0.6) is 0 Å². The van der Waals surface area contributed by atoms with Gasteiger partial charge in [-0.2, -0.15) is 0 Å². The first-order valence-corrected chi connectivity index (χ1v) is 10.4. The second kappa shape index (κ2) is 8.34. The van der Waals surface area contributed by atoms with Crippen molar-refractivity contribution in [2.24, 2.45) is 0 Å². The van der Waals surface area contributed by atoms with Crippen molar-refractivity contribution in [1.29, 1.82) is 0 Å². The van der Waals surface area contributed by atoms with Crippen LogP contribution < -0.4 is 4.90 Å². The van der Waals surface area contributed by atoms with E-state index < -0.39 is 11.0 Å². The fourth-order valence-corrected chi connectivity index (χ4v) is 4.57. The zero-order chi connectivity index (χ0) is 20.2. The topological polar surface area (TPSA) is 40.6 Å². The average molecular weight is 401 g/mol. The van der Waals surface area contributed by atoms with E-state index in [2.05, 4.69) is 11.8 Å². The molecule has 29 heavy (non-hydrogen) atoms. The number of amides is 2. The van der Waals surface area contributed by atoms with E-state index in [1.54, 1.807) is 11.9 Å². The van der Waals surface area contributed by atoms with Gasteiger partial charge in [0.1, 0.15) is 0 Å². The Morgan fingerprint density at radius 1 is 0.897 bits per heavy atom. The summed E-state index contributed by atoms with van der Waals surface area (Å²) in [6, 6.07) is 24.9. The van der Waals surface area contributed by atoms with E-state index >= 15 is 0 Å². The second-order valence-electron chi connectivity index (χ2n) is 6.76. The molecule has 144 valence electrons. The Kier molecular flexibility index (Phi) is 5.46. The van der Waals surface area contributed by atoms with E-state index in [1.165, 1.54) is 4.31 Å². The van der Waals surface area contributed by atoms with Gasteiger partial charge in [-0.05, 0) is 29.3 Å². The van der Waals surface area contributed by atoms with Crippen molar-refractivity contribution >= 4 is 22.7 Å². The first kappa shape index (κ1) is 19.0. The Morgan fingerprint density at radius 3 is 2.24 bits per heavy atom. The van der Waals surface area contributed by atoms with Crippen LogP contribution in [0, 0.1) is 11.8 Å². The van der Waals surface area contributed by atoms with E-state index in [4.69, 9.17) is 0 Å². The van der Waals surface area contributed by atoms with Crippen LogP contribution in [-0.2, 0) is 24.0 Å². The smallest absolute Gasteiger partial charge is 0.295 e. The molecule has 4 nitrogen and oxygen atoms in total. The van der Waals surface area contributed by atoms with Crippen molar-refractivity contribution in [2.75, 3.05) is 11.9 Å². The van der Waals surface area contributed by atoms with Gasteiger partial charge in [0.05, 0.1) is 17.1 Å². The molecule has 0 N–H and O–H groups in total. The molecule has 1 unspecified atom stereocenters. The van der Waals surface area contributed by atoms with Gasteiger partial charge in [-0.15, -0.1) is 0 Å². The fraction of sp³-hybridized carbons (Fsp3) is 0.125. The van der Waals surface area contributed by atoms with Crippen molar-refractivity contribution in [3.63, 3.8) is 0 Å². The summed E-state index contributed by atoms with van der Waals surface area (Å²) in [5.41, 5.74) is 3.53. The number of hydrogen-bond donors (Lipinski definition) is 0. The minimum Gasteiger partial charge on any atom is -0.295 e. The Bertz CT molecular complexity index is 1120. The van der Waals surface area contributed by atoms with E-state index in [9.17, 15) is 9.00 Å². The second-order valence-corrected chi connectivity index (χ2v) is 8.14. The minimum absolute atomic E-state index is 0.275. The summed E-state index contributed by atoms with van der Waals surface area (Å²) in [6.45, 7) is 0.292. The maximum atomic E-state index is 13.2. The Labute approximate surface area is 173 Å². The Balaban J connectivity index is 1.60. The van der Waals surface area contributed by atoms with E-state index in [1.807, 2.05) is 78.9 Å². The molecule has 0 radical (unpaired) electrons. The standard InChI is InChI=1S/C24H20N2O2S/c1-25-22-16-15-20(14-8-13-19-9-4-2-5-10-19)17-23(22)29(28)26(24(25)27)18-21-11-6-3-7-12-21/h2-7,9-12,15-17H,13,18H2,1H3. The summed E-state index contributed by atoms with van der Waals surface area (Å²) < 4.78 is 14.6. The van der Waals surface area contributed by atoms with Gasteiger partial charge < -0.3 is 0 Å². The number of carbonyl (C=O) groups is 1. The fourth-order valence-electron chi connectivity index (χ4n) is 3.19. The zero-order valence-corrected chi connectivity index (χ0v) is 16.9. The van der Waals surface area contributed by atoms with Gasteiger partial charge in [0, 0.05) is 19.0 Å². The van der Waals surface area contributed by atoms with Gasteiger partial charge in [-0.1, -0.05) is 72.5 Å². The molecule has 1 aliphatic rings. The third-order valence-corrected chi connectivity index (χ3v) is 6.14. The van der Waals surface area contributed by atoms with Crippen molar-refractivity contribution in [3.05, 3.63) is 95.6 Å². The molecule has 1 aliphatic heterocycles. The first-order valence-electron chi connectivity index (χ1n) is 9.31. The lowest BCUT2D eigenvalue weighted by molar-refractivity contribution is 0.230. The van der Waals surface area contributed by atoms with Crippen LogP contribution in [0.25, 0.3) is 0 Å². The molecule has 0 aliphatic carbocycles. The Morgan fingerprint density at radius 2 is 1.55 bits per heavy atom. The van der Waals surface area contributed by atoms with E-state index in [0.717, 1.165) is 16.7 Å². The molecule has 3 aromatic rings.